The minimum atomic E-state index is 0.940. The minimum absolute atomic E-state index is 0.940. The van der Waals surface area contributed by atoms with Crippen LogP contribution in [0.2, 0.25) is 0 Å². The summed E-state index contributed by atoms with van der Waals surface area (Å²) in [6, 6.07) is 0. The molecule has 3 fully saturated rings. The summed E-state index contributed by atoms with van der Waals surface area (Å²) in [4.78, 5) is 0. The van der Waals surface area contributed by atoms with E-state index in [1.807, 2.05) is 0 Å². The Balaban J connectivity index is 1.69. The monoisotopic (exact) mass is 304 g/mol. The van der Waals surface area contributed by atoms with Crippen LogP contribution in [0, 0.1) is 53.3 Å². The van der Waals surface area contributed by atoms with Gasteiger partial charge in [-0.3, -0.25) is 0 Å². The zero-order valence-corrected chi connectivity index (χ0v) is 15.9. The largest absolute Gasteiger partial charge is 0.0654 e. The summed E-state index contributed by atoms with van der Waals surface area (Å²) in [7, 11) is 0. The summed E-state index contributed by atoms with van der Waals surface area (Å²) < 4.78 is 0. The van der Waals surface area contributed by atoms with Crippen molar-refractivity contribution in [3.63, 3.8) is 0 Å². The zero-order valence-electron chi connectivity index (χ0n) is 15.9. The second-order valence-electron chi connectivity index (χ2n) is 9.49. The quantitative estimate of drug-likeness (QED) is 0.536. The molecule has 0 aromatic heterocycles. The van der Waals surface area contributed by atoms with Crippen LogP contribution >= 0.6 is 0 Å². The standard InChI is InChI=1S/C22H40/c1-6-9-18-12-19(21-11-8-7-10-20(18)21)13-22-16(4)14(2)15(3)17(22)5/h14-22H,6-13H2,1-5H3. The van der Waals surface area contributed by atoms with Crippen LogP contribution in [-0.2, 0) is 0 Å². The highest BCUT2D eigenvalue weighted by atomic mass is 14.5. The summed E-state index contributed by atoms with van der Waals surface area (Å²) >= 11 is 0. The molecule has 0 bridgehead atoms. The molecule has 0 heteroatoms. The Morgan fingerprint density at radius 2 is 1.27 bits per heavy atom. The van der Waals surface area contributed by atoms with Crippen molar-refractivity contribution in [3.05, 3.63) is 0 Å². The molecule has 3 rings (SSSR count). The molecule has 0 aliphatic heterocycles. The van der Waals surface area contributed by atoms with Crippen molar-refractivity contribution in [1.29, 1.82) is 0 Å². The van der Waals surface area contributed by atoms with Gasteiger partial charge in [0.05, 0.1) is 0 Å². The van der Waals surface area contributed by atoms with Crippen molar-refractivity contribution >= 4 is 0 Å². The van der Waals surface area contributed by atoms with E-state index < -0.39 is 0 Å². The summed E-state index contributed by atoms with van der Waals surface area (Å²) in [5.74, 6) is 9.19. The predicted molar refractivity (Wildman–Crippen MR) is 96.7 cm³/mol. The lowest BCUT2D eigenvalue weighted by Crippen LogP contribution is -2.25. The van der Waals surface area contributed by atoms with Crippen LogP contribution in [0.4, 0.5) is 0 Å². The van der Waals surface area contributed by atoms with E-state index in [1.165, 1.54) is 25.7 Å². The highest BCUT2D eigenvalue weighted by Crippen LogP contribution is 2.56. The van der Waals surface area contributed by atoms with Gasteiger partial charge in [0.25, 0.3) is 0 Å². The molecule has 3 aliphatic rings. The Morgan fingerprint density at radius 1 is 0.727 bits per heavy atom. The predicted octanol–water partition coefficient (Wildman–Crippen LogP) is 6.79. The van der Waals surface area contributed by atoms with Crippen LogP contribution in [0.25, 0.3) is 0 Å². The van der Waals surface area contributed by atoms with Gasteiger partial charge in [0, 0.05) is 0 Å². The van der Waals surface area contributed by atoms with Crippen molar-refractivity contribution in [2.24, 2.45) is 53.3 Å². The SMILES string of the molecule is CCCC1CC(CC2C(C)C(C)C(C)C2C)C2CCCCC12. The molecule has 3 aliphatic carbocycles. The average Bonchev–Trinajstić information content (AvgIpc) is 2.96. The van der Waals surface area contributed by atoms with Crippen LogP contribution < -0.4 is 0 Å². The van der Waals surface area contributed by atoms with E-state index in [9.17, 15) is 0 Å². The van der Waals surface area contributed by atoms with Crippen LogP contribution in [-0.4, -0.2) is 0 Å². The highest BCUT2D eigenvalue weighted by Gasteiger charge is 2.47. The molecule has 0 saturated heterocycles. The van der Waals surface area contributed by atoms with Crippen LogP contribution in [0.5, 0.6) is 0 Å². The van der Waals surface area contributed by atoms with E-state index in [-0.39, 0.29) is 0 Å². The summed E-state index contributed by atoms with van der Waals surface area (Å²) in [5.41, 5.74) is 0. The molecule has 0 amide bonds. The fourth-order valence-electron chi connectivity index (χ4n) is 7.07. The minimum Gasteiger partial charge on any atom is -0.0654 e. The van der Waals surface area contributed by atoms with Crippen molar-refractivity contribution in [1.82, 2.24) is 0 Å². The molecule has 8 unspecified atom stereocenters. The van der Waals surface area contributed by atoms with Gasteiger partial charge in [-0.1, -0.05) is 60.3 Å². The third kappa shape index (κ3) is 2.89. The third-order valence-electron chi connectivity index (χ3n) is 8.76. The van der Waals surface area contributed by atoms with Crippen molar-refractivity contribution in [2.45, 2.75) is 86.0 Å². The maximum atomic E-state index is 2.56. The molecule has 22 heavy (non-hydrogen) atoms. The maximum Gasteiger partial charge on any atom is -0.0355 e. The normalized spacial score (nSPS) is 52.0. The molecule has 128 valence electrons. The summed E-state index contributed by atoms with van der Waals surface area (Å²) in [5, 5.41) is 0. The zero-order chi connectivity index (χ0) is 15.9. The highest BCUT2D eigenvalue weighted by molar-refractivity contribution is 4.97. The Labute approximate surface area is 139 Å². The molecule has 0 aromatic rings. The van der Waals surface area contributed by atoms with E-state index in [1.54, 1.807) is 25.7 Å². The molecule has 0 radical (unpaired) electrons. The lowest BCUT2D eigenvalue weighted by Gasteiger charge is -2.33. The van der Waals surface area contributed by atoms with E-state index in [0.29, 0.717) is 0 Å². The van der Waals surface area contributed by atoms with Crippen molar-refractivity contribution in [3.8, 4) is 0 Å². The third-order valence-corrected chi connectivity index (χ3v) is 8.76. The van der Waals surface area contributed by atoms with E-state index in [4.69, 9.17) is 0 Å². The fourth-order valence-corrected chi connectivity index (χ4v) is 7.07. The number of hydrogen-bond donors (Lipinski definition) is 0. The van der Waals surface area contributed by atoms with Gasteiger partial charge in [0.2, 0.25) is 0 Å². The van der Waals surface area contributed by atoms with Crippen LogP contribution in [0.15, 0.2) is 0 Å². The van der Waals surface area contributed by atoms with Crippen LogP contribution in [0.1, 0.15) is 86.0 Å². The van der Waals surface area contributed by atoms with Gasteiger partial charge < -0.3 is 0 Å². The smallest absolute Gasteiger partial charge is 0.0355 e. The first-order valence-electron chi connectivity index (χ1n) is 10.5. The molecule has 0 heterocycles. The second-order valence-corrected chi connectivity index (χ2v) is 9.49. The second kappa shape index (κ2) is 6.86. The Kier molecular flexibility index (Phi) is 5.25. The van der Waals surface area contributed by atoms with Gasteiger partial charge in [0.15, 0.2) is 0 Å². The number of fused-ring (bicyclic) bond motifs is 1. The Morgan fingerprint density at radius 3 is 1.82 bits per heavy atom. The topological polar surface area (TPSA) is 0 Å². The molecule has 0 spiro atoms. The summed E-state index contributed by atoms with van der Waals surface area (Å²) in [6.07, 6.45) is 12.3. The van der Waals surface area contributed by atoms with Gasteiger partial charge in [-0.15, -0.1) is 0 Å². The van der Waals surface area contributed by atoms with Gasteiger partial charge in [0.1, 0.15) is 0 Å². The lowest BCUT2D eigenvalue weighted by atomic mass is 9.72. The maximum absolute atomic E-state index is 2.56. The number of rotatable bonds is 4. The van der Waals surface area contributed by atoms with E-state index >= 15 is 0 Å². The van der Waals surface area contributed by atoms with Crippen molar-refractivity contribution in [2.75, 3.05) is 0 Å². The Hall–Kier alpha value is 0. The number of hydrogen-bond acceptors (Lipinski definition) is 0. The molecular weight excluding hydrogens is 264 g/mol. The lowest BCUT2D eigenvalue weighted by molar-refractivity contribution is 0.165. The van der Waals surface area contributed by atoms with Gasteiger partial charge >= 0.3 is 0 Å². The van der Waals surface area contributed by atoms with Crippen molar-refractivity contribution < 1.29 is 0 Å². The molecule has 0 aromatic carbocycles. The molecule has 8 atom stereocenters. The van der Waals surface area contributed by atoms with E-state index in [2.05, 4.69) is 34.6 Å². The van der Waals surface area contributed by atoms with Gasteiger partial charge in [-0.25, -0.2) is 0 Å². The molecule has 3 saturated carbocycles. The first kappa shape index (κ1) is 16.8. The average molecular weight is 305 g/mol. The molecular formula is C22H40. The van der Waals surface area contributed by atoms with Crippen LogP contribution in [0.3, 0.4) is 0 Å². The summed E-state index contributed by atoms with van der Waals surface area (Å²) in [6.45, 7) is 12.6. The van der Waals surface area contributed by atoms with Gasteiger partial charge in [-0.2, -0.15) is 0 Å². The van der Waals surface area contributed by atoms with E-state index in [0.717, 1.165) is 53.3 Å². The fraction of sp³-hybridized carbons (Fsp3) is 1.00. The molecule has 0 nitrogen and oxygen atoms in total. The molecule has 0 N–H and O–H groups in total. The Bertz CT molecular complexity index is 345. The first-order valence-corrected chi connectivity index (χ1v) is 10.5. The first-order chi connectivity index (χ1) is 10.5. The van der Waals surface area contributed by atoms with Gasteiger partial charge in [-0.05, 0) is 78.9 Å².